The highest BCUT2D eigenvalue weighted by Crippen LogP contribution is 2.37. The van der Waals surface area contributed by atoms with Crippen LogP contribution < -0.4 is 10.6 Å². The van der Waals surface area contributed by atoms with Crippen LogP contribution in [0.4, 0.5) is 0 Å². The number of nitrogens with one attached hydrogen (secondary N) is 2. The van der Waals surface area contributed by atoms with Gasteiger partial charge in [-0.1, -0.05) is 13.8 Å². The summed E-state index contributed by atoms with van der Waals surface area (Å²) in [5, 5.41) is 6.25. The largest absolute Gasteiger partial charge is 0.359 e. The van der Waals surface area contributed by atoms with Gasteiger partial charge in [0, 0.05) is 19.6 Å². The summed E-state index contributed by atoms with van der Waals surface area (Å²) in [6, 6.07) is 0.582. The van der Waals surface area contributed by atoms with Crippen LogP contribution in [-0.4, -0.2) is 25.5 Å². The third-order valence-corrected chi connectivity index (χ3v) is 3.64. The first-order chi connectivity index (χ1) is 7.27. The highest BCUT2D eigenvalue weighted by Gasteiger charge is 2.33. The quantitative estimate of drug-likeness (QED) is 0.769. The van der Waals surface area contributed by atoms with Crippen molar-refractivity contribution >= 4 is 5.91 Å². The Hall–Kier alpha value is -0.570. The summed E-state index contributed by atoms with van der Waals surface area (Å²) < 4.78 is 0. The first kappa shape index (κ1) is 13.5. The van der Waals surface area contributed by atoms with E-state index >= 15 is 0 Å². The van der Waals surface area contributed by atoms with Crippen LogP contribution >= 0.6 is 0 Å². The maximum absolute atomic E-state index is 11.6. The molecule has 2 N–H and O–H groups in total. The normalized spacial score (nSPS) is 24.4. The monoisotopic (exact) mass is 226 g/mol. The van der Waals surface area contributed by atoms with E-state index in [2.05, 4.69) is 24.5 Å². The number of amides is 1. The first-order valence-electron chi connectivity index (χ1n) is 6.22. The van der Waals surface area contributed by atoms with E-state index in [0.717, 1.165) is 6.54 Å². The van der Waals surface area contributed by atoms with Crippen molar-refractivity contribution in [3.8, 4) is 0 Å². The van der Waals surface area contributed by atoms with Gasteiger partial charge in [0.25, 0.3) is 0 Å². The van der Waals surface area contributed by atoms with Crippen LogP contribution in [0, 0.1) is 10.8 Å². The van der Waals surface area contributed by atoms with Gasteiger partial charge in [0.2, 0.25) is 5.91 Å². The third-order valence-electron chi connectivity index (χ3n) is 3.64. The third kappa shape index (κ3) is 3.48. The van der Waals surface area contributed by atoms with Gasteiger partial charge in [-0.3, -0.25) is 4.79 Å². The van der Waals surface area contributed by atoms with Gasteiger partial charge >= 0.3 is 0 Å². The van der Waals surface area contributed by atoms with E-state index in [1.807, 2.05) is 13.8 Å². The summed E-state index contributed by atoms with van der Waals surface area (Å²) in [4.78, 5) is 11.6. The van der Waals surface area contributed by atoms with Crippen molar-refractivity contribution < 1.29 is 4.79 Å². The molecule has 0 aromatic rings. The minimum Gasteiger partial charge on any atom is -0.359 e. The Morgan fingerprint density at radius 2 is 2.06 bits per heavy atom. The Morgan fingerprint density at radius 3 is 2.50 bits per heavy atom. The van der Waals surface area contributed by atoms with Crippen LogP contribution in [0.25, 0.3) is 0 Å². The van der Waals surface area contributed by atoms with Crippen LogP contribution in [0.3, 0.4) is 0 Å². The Morgan fingerprint density at radius 1 is 1.44 bits per heavy atom. The van der Waals surface area contributed by atoms with E-state index in [9.17, 15) is 4.79 Å². The van der Waals surface area contributed by atoms with E-state index in [0.29, 0.717) is 11.5 Å². The van der Waals surface area contributed by atoms with Crippen LogP contribution in [0.5, 0.6) is 0 Å². The molecule has 0 heterocycles. The van der Waals surface area contributed by atoms with Gasteiger partial charge in [-0.15, -0.1) is 0 Å². The predicted molar refractivity (Wildman–Crippen MR) is 67.3 cm³/mol. The van der Waals surface area contributed by atoms with E-state index in [-0.39, 0.29) is 11.3 Å². The highest BCUT2D eigenvalue weighted by atomic mass is 16.2. The van der Waals surface area contributed by atoms with Gasteiger partial charge < -0.3 is 10.6 Å². The zero-order valence-electron chi connectivity index (χ0n) is 11.3. The minimum absolute atomic E-state index is 0.109. The maximum Gasteiger partial charge on any atom is 0.226 e. The Labute approximate surface area is 99.4 Å². The molecule has 1 fully saturated rings. The van der Waals surface area contributed by atoms with Crippen molar-refractivity contribution in [2.24, 2.45) is 10.8 Å². The van der Waals surface area contributed by atoms with Gasteiger partial charge in [0.05, 0.1) is 5.41 Å². The summed E-state index contributed by atoms with van der Waals surface area (Å²) in [5.41, 5.74) is 0.149. The molecule has 94 valence electrons. The zero-order chi connectivity index (χ0) is 12.4. The van der Waals surface area contributed by atoms with E-state index < -0.39 is 0 Å². The van der Waals surface area contributed by atoms with Crippen molar-refractivity contribution in [3.05, 3.63) is 0 Å². The fourth-order valence-corrected chi connectivity index (χ4v) is 2.43. The van der Waals surface area contributed by atoms with Crippen molar-refractivity contribution in [1.82, 2.24) is 10.6 Å². The van der Waals surface area contributed by atoms with Gasteiger partial charge in [-0.05, 0) is 38.5 Å². The molecule has 1 rings (SSSR count). The topological polar surface area (TPSA) is 41.1 Å². The molecule has 3 heteroatoms. The SMILES string of the molecule is CNC(=O)C(C)(C)CNC1CCC(C)(C)C1. The molecule has 1 saturated carbocycles. The standard InChI is InChI=1S/C13H26N2O/c1-12(2)7-6-10(8-12)15-9-13(3,4)11(16)14-5/h10,15H,6-9H2,1-5H3,(H,14,16). The molecular formula is C13H26N2O. The summed E-state index contributed by atoms with van der Waals surface area (Å²) in [5.74, 6) is 0.109. The lowest BCUT2D eigenvalue weighted by Gasteiger charge is -2.26. The van der Waals surface area contributed by atoms with Gasteiger partial charge in [-0.2, -0.15) is 0 Å². The van der Waals surface area contributed by atoms with Crippen LogP contribution in [-0.2, 0) is 4.79 Å². The second-order valence-electron chi connectivity index (χ2n) is 6.45. The van der Waals surface area contributed by atoms with Crippen LogP contribution in [0.15, 0.2) is 0 Å². The average molecular weight is 226 g/mol. The number of hydrogen-bond acceptors (Lipinski definition) is 2. The molecule has 0 spiro atoms. The molecule has 0 aliphatic heterocycles. The average Bonchev–Trinajstić information content (AvgIpc) is 2.54. The van der Waals surface area contributed by atoms with Gasteiger partial charge in [0.1, 0.15) is 0 Å². The van der Waals surface area contributed by atoms with E-state index in [1.54, 1.807) is 7.05 Å². The van der Waals surface area contributed by atoms with Crippen molar-refractivity contribution in [2.45, 2.75) is 53.0 Å². The molecule has 0 aromatic heterocycles. The van der Waals surface area contributed by atoms with Crippen molar-refractivity contribution in [3.63, 3.8) is 0 Å². The second-order valence-corrected chi connectivity index (χ2v) is 6.45. The van der Waals surface area contributed by atoms with E-state index in [4.69, 9.17) is 0 Å². The lowest BCUT2D eigenvalue weighted by atomic mass is 9.90. The molecule has 1 unspecified atom stereocenters. The molecule has 1 amide bonds. The molecule has 3 nitrogen and oxygen atoms in total. The van der Waals surface area contributed by atoms with Crippen molar-refractivity contribution in [1.29, 1.82) is 0 Å². The van der Waals surface area contributed by atoms with Crippen LogP contribution in [0.2, 0.25) is 0 Å². The van der Waals surface area contributed by atoms with Gasteiger partial charge in [-0.25, -0.2) is 0 Å². The molecule has 0 bridgehead atoms. The van der Waals surface area contributed by atoms with E-state index in [1.165, 1.54) is 19.3 Å². The number of carbonyl (C=O) groups excluding carboxylic acids is 1. The van der Waals surface area contributed by atoms with Crippen LogP contribution in [0.1, 0.15) is 47.0 Å². The molecule has 0 saturated heterocycles. The lowest BCUT2D eigenvalue weighted by Crippen LogP contribution is -2.44. The molecule has 0 radical (unpaired) electrons. The smallest absolute Gasteiger partial charge is 0.226 e. The summed E-state index contributed by atoms with van der Waals surface area (Å²) in [6.07, 6.45) is 3.73. The lowest BCUT2D eigenvalue weighted by molar-refractivity contribution is -0.128. The Bertz CT molecular complexity index is 259. The Kier molecular flexibility index (Phi) is 4.00. The number of carbonyl (C=O) groups is 1. The fourth-order valence-electron chi connectivity index (χ4n) is 2.43. The number of hydrogen-bond donors (Lipinski definition) is 2. The molecule has 0 aromatic carbocycles. The second kappa shape index (κ2) is 4.74. The molecule has 1 aliphatic rings. The number of rotatable bonds is 4. The summed E-state index contributed by atoms with van der Waals surface area (Å²) in [6.45, 7) is 9.36. The zero-order valence-corrected chi connectivity index (χ0v) is 11.3. The maximum atomic E-state index is 11.6. The molecule has 1 atom stereocenters. The van der Waals surface area contributed by atoms with Gasteiger partial charge in [0.15, 0.2) is 0 Å². The molecule has 16 heavy (non-hydrogen) atoms. The minimum atomic E-state index is -0.318. The predicted octanol–water partition coefficient (Wildman–Crippen LogP) is 1.93. The summed E-state index contributed by atoms with van der Waals surface area (Å²) in [7, 11) is 1.70. The summed E-state index contributed by atoms with van der Waals surface area (Å²) >= 11 is 0. The van der Waals surface area contributed by atoms with Crippen molar-refractivity contribution in [2.75, 3.05) is 13.6 Å². The molecule has 1 aliphatic carbocycles. The fraction of sp³-hybridized carbons (Fsp3) is 0.923. The first-order valence-corrected chi connectivity index (χ1v) is 6.22. The molecular weight excluding hydrogens is 200 g/mol. The Balaban J connectivity index is 2.38. The highest BCUT2D eigenvalue weighted by molar-refractivity contribution is 5.81.